The second-order valence-electron chi connectivity index (χ2n) is 4.36. The molecule has 0 aliphatic rings. The molecule has 0 saturated carbocycles. The molecule has 0 aliphatic heterocycles. The summed E-state index contributed by atoms with van der Waals surface area (Å²) in [6.45, 7) is 0.581. The summed E-state index contributed by atoms with van der Waals surface area (Å²) in [6.07, 6.45) is 0.575. The van der Waals surface area contributed by atoms with Crippen LogP contribution in [0.25, 0.3) is 0 Å². The zero-order valence-corrected chi connectivity index (χ0v) is 11.5. The average molecular weight is 298 g/mol. The number of hydrogen-bond donors (Lipinski definition) is 1. The topological polar surface area (TPSA) is 35.2 Å². The second-order valence-corrected chi connectivity index (χ2v) is 4.77. The van der Waals surface area contributed by atoms with Crippen LogP contribution in [0.5, 0.6) is 5.75 Å². The highest BCUT2D eigenvalue weighted by atomic mass is 35.5. The van der Waals surface area contributed by atoms with E-state index in [9.17, 15) is 8.78 Å². The lowest BCUT2D eigenvalue weighted by atomic mass is 10.1. The van der Waals surface area contributed by atoms with E-state index in [1.807, 2.05) is 0 Å². The van der Waals surface area contributed by atoms with Gasteiger partial charge in [0, 0.05) is 11.6 Å². The Labute approximate surface area is 121 Å². The van der Waals surface area contributed by atoms with Crippen molar-refractivity contribution < 1.29 is 13.5 Å². The summed E-state index contributed by atoms with van der Waals surface area (Å²) >= 11 is 5.90. The van der Waals surface area contributed by atoms with Gasteiger partial charge in [0.1, 0.15) is 24.0 Å². The van der Waals surface area contributed by atoms with Crippen LogP contribution >= 0.6 is 11.6 Å². The molecule has 0 unspecified atom stereocenters. The monoisotopic (exact) mass is 297 g/mol. The van der Waals surface area contributed by atoms with Crippen molar-refractivity contribution in [3.05, 3.63) is 64.2 Å². The fourth-order valence-corrected chi connectivity index (χ4v) is 2.04. The van der Waals surface area contributed by atoms with Crippen molar-refractivity contribution in [2.75, 3.05) is 6.54 Å². The molecule has 2 N–H and O–H groups in total. The van der Waals surface area contributed by atoms with E-state index in [-0.39, 0.29) is 17.4 Å². The van der Waals surface area contributed by atoms with Crippen molar-refractivity contribution in [1.82, 2.24) is 0 Å². The highest BCUT2D eigenvalue weighted by molar-refractivity contribution is 6.31. The number of rotatable bonds is 5. The van der Waals surface area contributed by atoms with E-state index >= 15 is 0 Å². The predicted molar refractivity (Wildman–Crippen MR) is 74.9 cm³/mol. The molecule has 0 saturated heterocycles. The van der Waals surface area contributed by atoms with Gasteiger partial charge in [0.05, 0.1) is 5.02 Å². The lowest BCUT2D eigenvalue weighted by Crippen LogP contribution is -2.04. The van der Waals surface area contributed by atoms with Gasteiger partial charge in [-0.3, -0.25) is 0 Å². The maximum atomic E-state index is 13.4. The van der Waals surface area contributed by atoms with Crippen LogP contribution < -0.4 is 10.5 Å². The summed E-state index contributed by atoms with van der Waals surface area (Å²) < 4.78 is 31.8. The molecule has 20 heavy (non-hydrogen) atoms. The van der Waals surface area contributed by atoms with E-state index < -0.39 is 5.82 Å². The highest BCUT2D eigenvalue weighted by Crippen LogP contribution is 2.21. The van der Waals surface area contributed by atoms with Gasteiger partial charge in [-0.2, -0.15) is 0 Å². The Morgan fingerprint density at radius 1 is 1.05 bits per heavy atom. The summed E-state index contributed by atoms with van der Waals surface area (Å²) in [5.41, 5.74) is 6.85. The van der Waals surface area contributed by atoms with Crippen LogP contribution in [0, 0.1) is 11.6 Å². The van der Waals surface area contributed by atoms with Crippen LogP contribution in [0.1, 0.15) is 11.1 Å². The van der Waals surface area contributed by atoms with E-state index in [1.165, 1.54) is 30.3 Å². The number of halogens is 3. The molecule has 0 radical (unpaired) electrons. The van der Waals surface area contributed by atoms with E-state index in [0.717, 1.165) is 5.56 Å². The third-order valence-corrected chi connectivity index (χ3v) is 3.13. The molecule has 0 aliphatic carbocycles. The Bertz CT molecular complexity index is 604. The van der Waals surface area contributed by atoms with Gasteiger partial charge in [-0.1, -0.05) is 17.7 Å². The Morgan fingerprint density at radius 3 is 2.55 bits per heavy atom. The third-order valence-electron chi connectivity index (χ3n) is 2.77. The van der Waals surface area contributed by atoms with Gasteiger partial charge in [0.2, 0.25) is 0 Å². The fraction of sp³-hybridized carbons (Fsp3) is 0.200. The van der Waals surface area contributed by atoms with Crippen LogP contribution in [0.3, 0.4) is 0 Å². The van der Waals surface area contributed by atoms with Crippen LogP contribution in [0.4, 0.5) is 8.78 Å². The van der Waals surface area contributed by atoms with E-state index in [0.29, 0.717) is 24.3 Å². The standard InChI is InChI=1S/C15H14ClF2NO/c16-15-8-12(17)2-1-11(15)9-20-14-6-10(3-4-19)5-13(18)7-14/h1-2,5-8H,3-4,9,19H2. The van der Waals surface area contributed by atoms with Crippen molar-refractivity contribution in [3.63, 3.8) is 0 Å². The average Bonchev–Trinajstić information content (AvgIpc) is 2.37. The van der Waals surface area contributed by atoms with Gasteiger partial charge >= 0.3 is 0 Å². The van der Waals surface area contributed by atoms with Crippen LogP contribution in [0.2, 0.25) is 5.02 Å². The maximum absolute atomic E-state index is 13.4. The third kappa shape index (κ3) is 3.92. The molecule has 2 aromatic rings. The lowest BCUT2D eigenvalue weighted by molar-refractivity contribution is 0.304. The molecule has 2 aromatic carbocycles. The first-order valence-electron chi connectivity index (χ1n) is 6.15. The number of benzene rings is 2. The highest BCUT2D eigenvalue weighted by Gasteiger charge is 2.05. The molecule has 0 fully saturated rings. The van der Waals surface area contributed by atoms with Crippen molar-refractivity contribution in [3.8, 4) is 5.75 Å². The normalized spacial score (nSPS) is 10.6. The quantitative estimate of drug-likeness (QED) is 0.913. The molecule has 106 valence electrons. The van der Waals surface area contributed by atoms with Crippen LogP contribution in [-0.4, -0.2) is 6.54 Å². The Kier molecular flexibility index (Phi) is 4.93. The van der Waals surface area contributed by atoms with Gasteiger partial charge in [-0.25, -0.2) is 8.78 Å². The summed E-state index contributed by atoms with van der Waals surface area (Å²) in [4.78, 5) is 0. The summed E-state index contributed by atoms with van der Waals surface area (Å²) in [5, 5.41) is 0.281. The van der Waals surface area contributed by atoms with Gasteiger partial charge in [-0.05, 0) is 42.8 Å². The number of hydrogen-bond acceptors (Lipinski definition) is 2. The van der Waals surface area contributed by atoms with Crippen LogP contribution in [-0.2, 0) is 13.0 Å². The van der Waals surface area contributed by atoms with E-state index in [4.69, 9.17) is 22.1 Å². The Balaban J connectivity index is 2.10. The molecule has 0 bridgehead atoms. The molecule has 0 spiro atoms. The molecule has 5 heteroatoms. The van der Waals surface area contributed by atoms with Crippen molar-refractivity contribution in [2.24, 2.45) is 5.73 Å². The summed E-state index contributed by atoms with van der Waals surface area (Å²) in [7, 11) is 0. The van der Waals surface area contributed by atoms with E-state index in [2.05, 4.69) is 0 Å². The second kappa shape index (κ2) is 6.68. The van der Waals surface area contributed by atoms with Crippen molar-refractivity contribution in [2.45, 2.75) is 13.0 Å². The number of nitrogens with two attached hydrogens (primary N) is 1. The molecule has 0 aromatic heterocycles. The molecular formula is C15H14ClF2NO. The Hall–Kier alpha value is -1.65. The minimum absolute atomic E-state index is 0.143. The van der Waals surface area contributed by atoms with Crippen molar-refractivity contribution in [1.29, 1.82) is 0 Å². The molecule has 0 heterocycles. The minimum Gasteiger partial charge on any atom is -0.489 e. The van der Waals surface area contributed by atoms with E-state index in [1.54, 1.807) is 6.07 Å². The SMILES string of the molecule is NCCc1cc(F)cc(OCc2ccc(F)cc2Cl)c1. The molecule has 0 atom stereocenters. The van der Waals surface area contributed by atoms with Crippen LogP contribution in [0.15, 0.2) is 36.4 Å². The van der Waals surface area contributed by atoms with Gasteiger partial charge in [0.15, 0.2) is 0 Å². The summed E-state index contributed by atoms with van der Waals surface area (Å²) in [6, 6.07) is 8.49. The fourth-order valence-electron chi connectivity index (χ4n) is 1.81. The number of ether oxygens (including phenoxy) is 1. The maximum Gasteiger partial charge on any atom is 0.127 e. The zero-order valence-electron chi connectivity index (χ0n) is 10.7. The predicted octanol–water partition coefficient (Wildman–Crippen LogP) is 3.70. The van der Waals surface area contributed by atoms with Gasteiger partial charge < -0.3 is 10.5 Å². The minimum atomic E-state index is -0.408. The van der Waals surface area contributed by atoms with Gasteiger partial charge in [0.25, 0.3) is 0 Å². The molecule has 2 rings (SSSR count). The van der Waals surface area contributed by atoms with Crippen molar-refractivity contribution >= 4 is 11.6 Å². The first-order valence-corrected chi connectivity index (χ1v) is 6.52. The zero-order chi connectivity index (χ0) is 14.5. The molecular weight excluding hydrogens is 284 g/mol. The molecule has 0 amide bonds. The van der Waals surface area contributed by atoms with Gasteiger partial charge in [-0.15, -0.1) is 0 Å². The first-order chi connectivity index (χ1) is 9.58. The lowest BCUT2D eigenvalue weighted by Gasteiger charge is -2.09. The summed E-state index contributed by atoms with van der Waals surface area (Å²) in [5.74, 6) is -0.389. The molecule has 2 nitrogen and oxygen atoms in total. The Morgan fingerprint density at radius 2 is 1.85 bits per heavy atom. The smallest absolute Gasteiger partial charge is 0.127 e. The first kappa shape index (κ1) is 14.8. The largest absolute Gasteiger partial charge is 0.489 e.